The number of benzene rings is 1. The topological polar surface area (TPSA) is 12.9 Å². The summed E-state index contributed by atoms with van der Waals surface area (Å²) < 4.78 is 1.11. The Kier molecular flexibility index (Phi) is 4.28. The summed E-state index contributed by atoms with van der Waals surface area (Å²) in [4.78, 5) is 4.46. The molecule has 2 aromatic rings. The van der Waals surface area contributed by atoms with Crippen LogP contribution in [-0.2, 0) is 0 Å². The summed E-state index contributed by atoms with van der Waals surface area (Å²) in [7, 11) is 0. The van der Waals surface area contributed by atoms with Gasteiger partial charge in [-0.2, -0.15) is 0 Å². The number of nitrogens with zero attached hydrogens (tertiary/aromatic N) is 1. The molecular formula is C13H16BrN. The van der Waals surface area contributed by atoms with Crippen molar-refractivity contribution < 1.29 is 0 Å². The van der Waals surface area contributed by atoms with Gasteiger partial charge in [0.15, 0.2) is 0 Å². The minimum Gasteiger partial charge on any atom is -0.253 e. The van der Waals surface area contributed by atoms with Gasteiger partial charge in [-0.1, -0.05) is 29.8 Å². The molecule has 80 valence electrons. The monoisotopic (exact) mass is 265 g/mol. The highest BCUT2D eigenvalue weighted by Crippen LogP contribution is 2.21. The second-order valence-corrected chi connectivity index (χ2v) is 4.16. The smallest absolute Gasteiger partial charge is 0.0708 e. The first-order chi connectivity index (χ1) is 7.16. The zero-order chi connectivity index (χ0) is 11.4. The van der Waals surface area contributed by atoms with E-state index in [2.05, 4.69) is 40.0 Å². The van der Waals surface area contributed by atoms with Gasteiger partial charge in [0, 0.05) is 15.6 Å². The lowest BCUT2D eigenvalue weighted by molar-refractivity contribution is 1.23. The molecule has 0 spiro atoms. The van der Waals surface area contributed by atoms with Crippen molar-refractivity contribution in [3.8, 4) is 0 Å². The molecule has 0 N–H and O–H groups in total. The van der Waals surface area contributed by atoms with E-state index in [0.29, 0.717) is 0 Å². The highest BCUT2D eigenvalue weighted by atomic mass is 79.9. The van der Waals surface area contributed by atoms with Gasteiger partial charge in [0.1, 0.15) is 0 Å². The Morgan fingerprint density at radius 1 is 1.07 bits per heavy atom. The predicted octanol–water partition coefficient (Wildman–Crippen LogP) is 4.64. The molecule has 1 heterocycles. The summed E-state index contributed by atoms with van der Waals surface area (Å²) in [5, 5.41) is 1.22. The van der Waals surface area contributed by atoms with Crippen molar-refractivity contribution in [1.82, 2.24) is 4.98 Å². The minimum absolute atomic E-state index is 1.07. The van der Waals surface area contributed by atoms with Crippen molar-refractivity contribution in [2.24, 2.45) is 0 Å². The average molecular weight is 266 g/mol. The van der Waals surface area contributed by atoms with Crippen molar-refractivity contribution >= 4 is 26.8 Å². The zero-order valence-electron chi connectivity index (χ0n) is 9.63. The van der Waals surface area contributed by atoms with Gasteiger partial charge >= 0.3 is 0 Å². The quantitative estimate of drug-likeness (QED) is 0.676. The number of pyridine rings is 1. The molecular weight excluding hydrogens is 250 g/mol. The van der Waals surface area contributed by atoms with Gasteiger partial charge < -0.3 is 0 Å². The normalized spacial score (nSPS) is 9.67. The predicted molar refractivity (Wildman–Crippen MR) is 70.3 cm³/mol. The van der Waals surface area contributed by atoms with Crippen LogP contribution in [0.1, 0.15) is 25.1 Å². The first-order valence-electron chi connectivity index (χ1n) is 5.20. The van der Waals surface area contributed by atoms with Crippen molar-refractivity contribution in [2.75, 3.05) is 0 Å². The first kappa shape index (κ1) is 12.2. The fourth-order valence-electron chi connectivity index (χ4n) is 1.53. The Bertz CT molecular complexity index is 463. The number of halogens is 1. The third-order valence-corrected chi connectivity index (χ3v) is 2.60. The highest BCUT2D eigenvalue weighted by Gasteiger charge is 2.00. The molecule has 0 fully saturated rings. The largest absolute Gasteiger partial charge is 0.253 e. The van der Waals surface area contributed by atoms with E-state index in [1.54, 1.807) is 0 Å². The number of hydrogen-bond donors (Lipinski definition) is 0. The number of aromatic nitrogens is 1. The van der Waals surface area contributed by atoms with E-state index < -0.39 is 0 Å². The summed E-state index contributed by atoms with van der Waals surface area (Å²) in [5.74, 6) is 0. The fourth-order valence-corrected chi connectivity index (χ4v) is 1.90. The molecule has 1 aromatic heterocycles. The van der Waals surface area contributed by atoms with Crippen LogP contribution in [-0.4, -0.2) is 4.98 Å². The van der Waals surface area contributed by atoms with Crippen LogP contribution in [0.4, 0.5) is 0 Å². The third kappa shape index (κ3) is 2.78. The summed E-state index contributed by atoms with van der Waals surface area (Å²) in [6, 6.07) is 8.28. The standard InChI is InChI=1S/C11H10BrN.C2H6/c1-7-5-8(2)13-11-4-3-9(12)6-10(7)11;1-2/h3-6H,1-2H3;1-2H3. The highest BCUT2D eigenvalue weighted by molar-refractivity contribution is 9.10. The first-order valence-corrected chi connectivity index (χ1v) is 5.99. The second kappa shape index (κ2) is 5.26. The molecule has 0 saturated heterocycles. The van der Waals surface area contributed by atoms with Gasteiger partial charge in [-0.15, -0.1) is 0 Å². The maximum absolute atomic E-state index is 4.46. The van der Waals surface area contributed by atoms with Crippen LogP contribution < -0.4 is 0 Å². The van der Waals surface area contributed by atoms with Crippen LogP contribution in [0.3, 0.4) is 0 Å². The van der Waals surface area contributed by atoms with E-state index in [-0.39, 0.29) is 0 Å². The molecule has 0 unspecified atom stereocenters. The van der Waals surface area contributed by atoms with Crippen LogP contribution in [0.2, 0.25) is 0 Å². The molecule has 1 nitrogen and oxygen atoms in total. The minimum atomic E-state index is 1.07. The van der Waals surface area contributed by atoms with E-state index in [0.717, 1.165) is 15.7 Å². The Labute approximate surface area is 99.7 Å². The van der Waals surface area contributed by atoms with Crippen molar-refractivity contribution in [3.63, 3.8) is 0 Å². The van der Waals surface area contributed by atoms with E-state index in [4.69, 9.17) is 0 Å². The van der Waals surface area contributed by atoms with Crippen molar-refractivity contribution in [3.05, 3.63) is 40.0 Å². The van der Waals surface area contributed by atoms with E-state index >= 15 is 0 Å². The van der Waals surface area contributed by atoms with Gasteiger partial charge in [-0.05, 0) is 43.7 Å². The molecule has 0 bridgehead atoms. The van der Waals surface area contributed by atoms with E-state index in [9.17, 15) is 0 Å². The van der Waals surface area contributed by atoms with E-state index in [1.807, 2.05) is 32.9 Å². The molecule has 2 heteroatoms. The lowest BCUT2D eigenvalue weighted by Gasteiger charge is -2.03. The van der Waals surface area contributed by atoms with Crippen LogP contribution in [0.15, 0.2) is 28.7 Å². The fraction of sp³-hybridized carbons (Fsp3) is 0.308. The Hall–Kier alpha value is -0.890. The molecule has 15 heavy (non-hydrogen) atoms. The summed E-state index contributed by atoms with van der Waals surface area (Å²) in [6.45, 7) is 8.14. The maximum atomic E-state index is 4.46. The summed E-state index contributed by atoms with van der Waals surface area (Å²) in [5.41, 5.74) is 3.43. The second-order valence-electron chi connectivity index (χ2n) is 3.24. The molecule has 0 aliphatic carbocycles. The molecule has 1 aromatic carbocycles. The van der Waals surface area contributed by atoms with Crippen LogP contribution in [0.5, 0.6) is 0 Å². The Morgan fingerprint density at radius 2 is 1.73 bits per heavy atom. The van der Waals surface area contributed by atoms with Crippen LogP contribution >= 0.6 is 15.9 Å². The third-order valence-electron chi connectivity index (χ3n) is 2.11. The molecule has 0 radical (unpaired) electrons. The van der Waals surface area contributed by atoms with Gasteiger partial charge in [0.2, 0.25) is 0 Å². The number of aryl methyl sites for hydroxylation is 2. The van der Waals surface area contributed by atoms with Crippen LogP contribution in [0.25, 0.3) is 10.9 Å². The van der Waals surface area contributed by atoms with Gasteiger partial charge in [-0.3, -0.25) is 4.98 Å². The van der Waals surface area contributed by atoms with E-state index in [1.165, 1.54) is 10.9 Å². The van der Waals surface area contributed by atoms with Crippen molar-refractivity contribution in [2.45, 2.75) is 27.7 Å². The SMILES string of the molecule is CC.Cc1cc(C)c2cc(Br)ccc2n1. The lowest BCUT2D eigenvalue weighted by Crippen LogP contribution is -1.86. The summed E-state index contributed by atoms with van der Waals surface area (Å²) in [6.07, 6.45) is 0. The molecule has 0 atom stereocenters. The number of fused-ring (bicyclic) bond motifs is 1. The lowest BCUT2D eigenvalue weighted by atomic mass is 10.1. The van der Waals surface area contributed by atoms with Crippen LogP contribution in [0, 0.1) is 13.8 Å². The summed E-state index contributed by atoms with van der Waals surface area (Å²) >= 11 is 3.46. The molecule has 0 saturated carbocycles. The maximum Gasteiger partial charge on any atom is 0.0708 e. The molecule has 0 aliphatic rings. The number of hydrogen-bond acceptors (Lipinski definition) is 1. The Morgan fingerprint density at radius 3 is 2.40 bits per heavy atom. The zero-order valence-corrected chi connectivity index (χ0v) is 11.2. The number of rotatable bonds is 0. The average Bonchev–Trinajstić information content (AvgIpc) is 2.22. The Balaban J connectivity index is 0.000000531. The molecule has 0 amide bonds. The van der Waals surface area contributed by atoms with Gasteiger partial charge in [-0.25, -0.2) is 0 Å². The molecule has 2 rings (SSSR count). The van der Waals surface area contributed by atoms with Gasteiger partial charge in [0.05, 0.1) is 5.52 Å². The van der Waals surface area contributed by atoms with Gasteiger partial charge in [0.25, 0.3) is 0 Å². The van der Waals surface area contributed by atoms with Crippen molar-refractivity contribution in [1.29, 1.82) is 0 Å². The molecule has 0 aliphatic heterocycles.